The van der Waals surface area contributed by atoms with Crippen molar-refractivity contribution in [3.8, 4) is 5.75 Å². The molecular weight excluding hydrogens is 370 g/mol. The summed E-state index contributed by atoms with van der Waals surface area (Å²) in [6.07, 6.45) is 6.38. The van der Waals surface area contributed by atoms with Crippen LogP contribution in [0.4, 0.5) is 0 Å². The van der Waals surface area contributed by atoms with Gasteiger partial charge in [0.05, 0.1) is 11.0 Å². The molecule has 2 N–H and O–H groups in total. The van der Waals surface area contributed by atoms with E-state index in [1.54, 1.807) is 0 Å². The van der Waals surface area contributed by atoms with Crippen molar-refractivity contribution in [3.63, 3.8) is 0 Å². The van der Waals surface area contributed by atoms with Gasteiger partial charge in [-0.3, -0.25) is 0 Å². The summed E-state index contributed by atoms with van der Waals surface area (Å²) in [6.45, 7) is 4.97. The number of rotatable bonds is 7. The minimum atomic E-state index is 0.417. The van der Waals surface area contributed by atoms with Gasteiger partial charge in [0.1, 0.15) is 18.2 Å². The highest BCUT2D eigenvalue weighted by Crippen LogP contribution is 2.24. The molecule has 0 unspecified atom stereocenters. The van der Waals surface area contributed by atoms with E-state index in [1.165, 1.54) is 49.9 Å². The van der Waals surface area contributed by atoms with Crippen molar-refractivity contribution in [3.05, 3.63) is 58.4 Å². The monoisotopic (exact) mass is 397 g/mol. The number of aromatic nitrogens is 2. The number of nitrogens with zero attached hydrogens (tertiary/aromatic N) is 1. The Kier molecular flexibility index (Phi) is 6.18. The third-order valence-electron chi connectivity index (χ3n) is 5.78. The van der Waals surface area contributed by atoms with Crippen molar-refractivity contribution in [2.24, 2.45) is 5.92 Å². The van der Waals surface area contributed by atoms with Crippen LogP contribution >= 0.6 is 11.6 Å². The number of ether oxygens (including phenoxy) is 1. The molecule has 1 saturated heterocycles. The molecule has 28 heavy (non-hydrogen) atoms. The molecule has 2 heterocycles. The molecule has 0 aliphatic carbocycles. The highest BCUT2D eigenvalue weighted by molar-refractivity contribution is 6.30. The lowest BCUT2D eigenvalue weighted by Crippen LogP contribution is -2.27. The van der Waals surface area contributed by atoms with E-state index in [9.17, 15) is 0 Å². The molecule has 1 fully saturated rings. The van der Waals surface area contributed by atoms with Crippen molar-refractivity contribution in [1.82, 2.24) is 15.3 Å². The zero-order valence-electron chi connectivity index (χ0n) is 16.4. The van der Waals surface area contributed by atoms with Gasteiger partial charge in [-0.25, -0.2) is 4.98 Å². The highest BCUT2D eigenvalue weighted by atomic mass is 35.5. The Labute approximate surface area is 171 Å². The van der Waals surface area contributed by atoms with Crippen molar-refractivity contribution in [2.45, 2.75) is 45.6 Å². The third kappa shape index (κ3) is 4.68. The Hall–Kier alpha value is -2.04. The van der Waals surface area contributed by atoms with Crippen LogP contribution in [-0.4, -0.2) is 23.1 Å². The second-order valence-corrected chi connectivity index (χ2v) is 8.19. The summed E-state index contributed by atoms with van der Waals surface area (Å²) in [4.78, 5) is 8.17. The van der Waals surface area contributed by atoms with Crippen LogP contribution in [0.3, 0.4) is 0 Å². The third-order valence-corrected chi connectivity index (χ3v) is 6.03. The van der Waals surface area contributed by atoms with Crippen LogP contribution in [0.1, 0.15) is 42.6 Å². The Balaban J connectivity index is 1.38. The predicted octanol–water partition coefficient (Wildman–Crippen LogP) is 5.43. The SMILES string of the molecule is Cc1c(CCCC2CCNCC2)ccc2[nH]c(COc3ccc(Cl)cc3)nc12. The average molecular weight is 398 g/mol. The molecule has 0 atom stereocenters. The van der Waals surface area contributed by atoms with Crippen LogP contribution in [0.2, 0.25) is 5.02 Å². The van der Waals surface area contributed by atoms with Gasteiger partial charge < -0.3 is 15.0 Å². The molecule has 1 aromatic heterocycles. The Bertz CT molecular complexity index is 913. The Morgan fingerprint density at radius 1 is 1.11 bits per heavy atom. The number of aromatic amines is 1. The molecule has 1 aliphatic rings. The maximum atomic E-state index is 5.92. The molecule has 0 amide bonds. The summed E-state index contributed by atoms with van der Waals surface area (Å²) in [5, 5.41) is 4.16. The fraction of sp³-hybridized carbons (Fsp3) is 0.435. The first-order valence-corrected chi connectivity index (χ1v) is 10.6. The fourth-order valence-corrected chi connectivity index (χ4v) is 4.20. The fourth-order valence-electron chi connectivity index (χ4n) is 4.08. The van der Waals surface area contributed by atoms with Gasteiger partial charge in [0.2, 0.25) is 0 Å². The van der Waals surface area contributed by atoms with Gasteiger partial charge in [-0.15, -0.1) is 0 Å². The number of aryl methyl sites for hydroxylation is 2. The molecule has 3 aromatic rings. The zero-order valence-corrected chi connectivity index (χ0v) is 17.2. The normalized spacial score (nSPS) is 15.2. The largest absolute Gasteiger partial charge is 0.486 e. The van der Waals surface area contributed by atoms with E-state index in [-0.39, 0.29) is 0 Å². The van der Waals surface area contributed by atoms with Gasteiger partial charge in [-0.05, 0) is 93.1 Å². The van der Waals surface area contributed by atoms with E-state index < -0.39 is 0 Å². The topological polar surface area (TPSA) is 49.9 Å². The first-order chi connectivity index (χ1) is 13.7. The van der Waals surface area contributed by atoms with E-state index in [0.29, 0.717) is 11.6 Å². The maximum absolute atomic E-state index is 5.92. The number of piperidine rings is 1. The summed E-state index contributed by atoms with van der Waals surface area (Å²) in [5.41, 5.74) is 4.85. The first kappa shape index (κ1) is 19.3. The molecule has 0 spiro atoms. The van der Waals surface area contributed by atoms with Crippen LogP contribution in [0, 0.1) is 12.8 Å². The zero-order chi connectivity index (χ0) is 19.3. The summed E-state index contributed by atoms with van der Waals surface area (Å²) in [7, 11) is 0. The standard InChI is InChI=1S/C23H28ClN3O/c1-16-18(4-2-3-17-11-13-25-14-12-17)5-10-21-23(16)27-22(26-21)15-28-20-8-6-19(24)7-9-20/h5-10,17,25H,2-4,11-15H2,1H3,(H,26,27). The number of H-pyrrole nitrogens is 1. The van der Waals surface area contributed by atoms with Crippen LogP contribution < -0.4 is 10.1 Å². The summed E-state index contributed by atoms with van der Waals surface area (Å²) in [6, 6.07) is 11.8. The number of benzene rings is 2. The molecule has 2 aromatic carbocycles. The Morgan fingerprint density at radius 3 is 2.68 bits per heavy atom. The second kappa shape index (κ2) is 8.97. The average Bonchev–Trinajstić information content (AvgIpc) is 3.14. The van der Waals surface area contributed by atoms with Gasteiger partial charge in [-0.1, -0.05) is 24.1 Å². The van der Waals surface area contributed by atoms with Gasteiger partial charge in [-0.2, -0.15) is 0 Å². The quantitative estimate of drug-likeness (QED) is 0.559. The number of hydrogen-bond donors (Lipinski definition) is 2. The van der Waals surface area contributed by atoms with Crippen molar-refractivity contribution in [2.75, 3.05) is 13.1 Å². The molecule has 5 heteroatoms. The maximum Gasteiger partial charge on any atom is 0.146 e. The lowest BCUT2D eigenvalue weighted by atomic mass is 9.91. The van der Waals surface area contributed by atoms with Gasteiger partial charge in [0.25, 0.3) is 0 Å². The molecule has 4 rings (SSSR count). The summed E-state index contributed by atoms with van der Waals surface area (Å²) < 4.78 is 5.82. The van der Waals surface area contributed by atoms with Crippen LogP contribution in [-0.2, 0) is 13.0 Å². The number of nitrogens with one attached hydrogen (secondary N) is 2. The number of hydrogen-bond acceptors (Lipinski definition) is 3. The summed E-state index contributed by atoms with van der Waals surface area (Å²) in [5.74, 6) is 2.53. The van der Waals surface area contributed by atoms with Gasteiger partial charge >= 0.3 is 0 Å². The Morgan fingerprint density at radius 2 is 1.89 bits per heavy atom. The van der Waals surface area contributed by atoms with E-state index in [0.717, 1.165) is 34.9 Å². The molecule has 0 radical (unpaired) electrons. The molecule has 1 aliphatic heterocycles. The minimum absolute atomic E-state index is 0.417. The molecule has 0 bridgehead atoms. The van der Waals surface area contributed by atoms with E-state index in [4.69, 9.17) is 21.3 Å². The number of fused-ring (bicyclic) bond motifs is 1. The van der Waals surface area contributed by atoms with E-state index in [2.05, 4.69) is 29.4 Å². The van der Waals surface area contributed by atoms with Crippen LogP contribution in [0.25, 0.3) is 11.0 Å². The van der Waals surface area contributed by atoms with Crippen LogP contribution in [0.15, 0.2) is 36.4 Å². The van der Waals surface area contributed by atoms with E-state index >= 15 is 0 Å². The summed E-state index contributed by atoms with van der Waals surface area (Å²) >= 11 is 5.92. The molecule has 148 valence electrons. The highest BCUT2D eigenvalue weighted by Gasteiger charge is 2.14. The van der Waals surface area contributed by atoms with Crippen molar-refractivity contribution in [1.29, 1.82) is 0 Å². The van der Waals surface area contributed by atoms with Crippen molar-refractivity contribution >= 4 is 22.6 Å². The minimum Gasteiger partial charge on any atom is -0.486 e. The predicted molar refractivity (Wildman–Crippen MR) is 115 cm³/mol. The second-order valence-electron chi connectivity index (χ2n) is 7.76. The lowest BCUT2D eigenvalue weighted by Gasteiger charge is -2.22. The van der Waals surface area contributed by atoms with Gasteiger partial charge in [0.15, 0.2) is 0 Å². The smallest absolute Gasteiger partial charge is 0.146 e. The van der Waals surface area contributed by atoms with Crippen LogP contribution in [0.5, 0.6) is 5.75 Å². The first-order valence-electron chi connectivity index (χ1n) is 10.3. The number of imidazole rings is 1. The molecule has 4 nitrogen and oxygen atoms in total. The lowest BCUT2D eigenvalue weighted by molar-refractivity contribution is 0.297. The molecular formula is C23H28ClN3O. The van der Waals surface area contributed by atoms with Crippen molar-refractivity contribution < 1.29 is 4.74 Å². The van der Waals surface area contributed by atoms with Gasteiger partial charge in [0, 0.05) is 5.02 Å². The molecule has 0 saturated carbocycles. The van der Waals surface area contributed by atoms with E-state index in [1.807, 2.05) is 24.3 Å². The number of halogens is 1.